The highest BCUT2D eigenvalue weighted by molar-refractivity contribution is 7.15. The van der Waals surface area contributed by atoms with Crippen molar-refractivity contribution < 1.29 is 14.3 Å². The van der Waals surface area contributed by atoms with E-state index in [1.165, 1.54) is 17.4 Å². The van der Waals surface area contributed by atoms with Crippen molar-refractivity contribution in [1.82, 2.24) is 10.2 Å². The third-order valence-corrected chi connectivity index (χ3v) is 3.81. The predicted molar refractivity (Wildman–Crippen MR) is 95.1 cm³/mol. The quantitative estimate of drug-likeness (QED) is 0.575. The van der Waals surface area contributed by atoms with Crippen LogP contribution in [-0.2, 0) is 16.1 Å². The van der Waals surface area contributed by atoms with Gasteiger partial charge in [-0.05, 0) is 18.6 Å². The molecule has 2 rings (SSSR count). The molecule has 0 aliphatic carbocycles. The average molecular weight is 358 g/mol. The molecule has 0 saturated heterocycles. The van der Waals surface area contributed by atoms with Crippen molar-refractivity contribution in [2.75, 3.05) is 19.0 Å². The van der Waals surface area contributed by atoms with Crippen molar-refractivity contribution in [2.45, 2.75) is 20.0 Å². The lowest BCUT2D eigenvalue weighted by atomic mass is 10.1. The van der Waals surface area contributed by atoms with E-state index in [4.69, 9.17) is 9.47 Å². The molecule has 25 heavy (non-hydrogen) atoms. The minimum Gasteiger partial charge on any atom is -0.493 e. The summed E-state index contributed by atoms with van der Waals surface area (Å²) in [4.78, 5) is 12.3. The lowest BCUT2D eigenvalue weighted by Gasteiger charge is -2.08. The Kier molecular flexibility index (Phi) is 7.07. The van der Waals surface area contributed by atoms with Gasteiger partial charge in [0.1, 0.15) is 29.0 Å². The number of rotatable bonds is 8. The molecule has 0 saturated carbocycles. The highest BCUT2D eigenvalue weighted by atomic mass is 32.1. The van der Waals surface area contributed by atoms with Gasteiger partial charge in [0.2, 0.25) is 5.13 Å². The van der Waals surface area contributed by atoms with Crippen LogP contribution in [0.4, 0.5) is 5.13 Å². The first kappa shape index (κ1) is 18.6. The molecule has 8 heteroatoms. The molecule has 1 amide bonds. The minimum absolute atomic E-state index is 0.0453. The van der Waals surface area contributed by atoms with Crippen molar-refractivity contribution in [2.24, 2.45) is 0 Å². The summed E-state index contributed by atoms with van der Waals surface area (Å²) < 4.78 is 10.6. The zero-order valence-electron chi connectivity index (χ0n) is 14.0. The molecule has 0 radical (unpaired) electrons. The number of para-hydroxylation sites is 1. The van der Waals surface area contributed by atoms with Gasteiger partial charge < -0.3 is 9.47 Å². The van der Waals surface area contributed by atoms with E-state index in [0.717, 1.165) is 6.42 Å². The highest BCUT2D eigenvalue weighted by Crippen LogP contribution is 2.22. The summed E-state index contributed by atoms with van der Waals surface area (Å²) in [5.74, 6) is 0.0797. The summed E-state index contributed by atoms with van der Waals surface area (Å²) in [6.45, 7) is 2.88. The largest absolute Gasteiger partial charge is 0.493 e. The third kappa shape index (κ3) is 5.38. The summed E-state index contributed by atoms with van der Waals surface area (Å²) in [5, 5.41) is 20.6. The van der Waals surface area contributed by atoms with Crippen LogP contribution in [0.1, 0.15) is 23.9 Å². The first-order chi connectivity index (χ1) is 12.2. The molecule has 1 heterocycles. The molecular weight excluding hydrogens is 340 g/mol. The fourth-order valence-corrected chi connectivity index (χ4v) is 2.60. The number of amides is 1. The SMILES string of the molecule is CCCOc1ccccc1/C=C(\C#N)C(=O)Nc1nnc(COC)s1. The molecule has 1 aromatic carbocycles. The molecule has 0 fully saturated rings. The Labute approximate surface area is 149 Å². The fraction of sp³-hybridized carbons (Fsp3) is 0.294. The molecule has 0 aliphatic heterocycles. The Hall–Kier alpha value is -2.76. The van der Waals surface area contributed by atoms with Crippen LogP contribution >= 0.6 is 11.3 Å². The van der Waals surface area contributed by atoms with Crippen LogP contribution in [0.5, 0.6) is 5.75 Å². The summed E-state index contributed by atoms with van der Waals surface area (Å²) >= 11 is 1.19. The van der Waals surface area contributed by atoms with Gasteiger partial charge in [0, 0.05) is 12.7 Å². The Morgan fingerprint density at radius 1 is 1.40 bits per heavy atom. The summed E-state index contributed by atoms with van der Waals surface area (Å²) in [7, 11) is 1.55. The second-order valence-corrected chi connectivity index (χ2v) is 6.01. The maximum atomic E-state index is 12.3. The molecule has 1 aromatic heterocycles. The van der Waals surface area contributed by atoms with Crippen molar-refractivity contribution in [3.63, 3.8) is 0 Å². The van der Waals surface area contributed by atoms with Gasteiger partial charge in [0.05, 0.1) is 6.61 Å². The van der Waals surface area contributed by atoms with Crippen molar-refractivity contribution >= 4 is 28.5 Å². The van der Waals surface area contributed by atoms with Crippen molar-refractivity contribution in [1.29, 1.82) is 5.26 Å². The Bertz CT molecular complexity index is 795. The monoisotopic (exact) mass is 358 g/mol. The number of carbonyl (C=O) groups is 1. The number of nitrogens with one attached hydrogen (secondary N) is 1. The molecular formula is C17H18N4O3S. The van der Waals surface area contributed by atoms with Gasteiger partial charge >= 0.3 is 0 Å². The molecule has 7 nitrogen and oxygen atoms in total. The van der Waals surface area contributed by atoms with E-state index in [1.54, 1.807) is 19.2 Å². The number of aromatic nitrogens is 2. The van der Waals surface area contributed by atoms with E-state index in [0.29, 0.717) is 34.7 Å². The highest BCUT2D eigenvalue weighted by Gasteiger charge is 2.14. The number of methoxy groups -OCH3 is 1. The molecule has 0 bridgehead atoms. The number of ether oxygens (including phenoxy) is 2. The van der Waals surface area contributed by atoms with Crippen LogP contribution in [0.15, 0.2) is 29.8 Å². The second kappa shape index (κ2) is 9.52. The van der Waals surface area contributed by atoms with Crippen LogP contribution < -0.4 is 10.1 Å². The van der Waals surface area contributed by atoms with Gasteiger partial charge in [-0.15, -0.1) is 10.2 Å². The van der Waals surface area contributed by atoms with Crippen molar-refractivity contribution in [3.8, 4) is 11.8 Å². The molecule has 0 unspecified atom stereocenters. The second-order valence-electron chi connectivity index (χ2n) is 4.94. The lowest BCUT2D eigenvalue weighted by Crippen LogP contribution is -2.13. The summed E-state index contributed by atoms with van der Waals surface area (Å²) in [6.07, 6.45) is 2.36. The number of anilines is 1. The number of hydrogen-bond donors (Lipinski definition) is 1. The number of carbonyl (C=O) groups excluding carboxylic acids is 1. The minimum atomic E-state index is -0.548. The molecule has 0 spiro atoms. The predicted octanol–water partition coefficient (Wildman–Crippen LogP) is 3.02. The Balaban J connectivity index is 2.16. The van der Waals surface area contributed by atoms with Gasteiger partial charge in [-0.2, -0.15) is 5.26 Å². The fourth-order valence-electron chi connectivity index (χ4n) is 1.90. The first-order valence-electron chi connectivity index (χ1n) is 7.64. The molecule has 1 N–H and O–H groups in total. The smallest absolute Gasteiger partial charge is 0.268 e. The third-order valence-electron chi connectivity index (χ3n) is 3.00. The van der Waals surface area contributed by atoms with Crippen LogP contribution in [0, 0.1) is 11.3 Å². The molecule has 0 atom stereocenters. The summed E-state index contributed by atoms with van der Waals surface area (Å²) in [6, 6.07) is 9.16. The lowest BCUT2D eigenvalue weighted by molar-refractivity contribution is -0.112. The van der Waals surface area contributed by atoms with Crippen LogP contribution in [0.25, 0.3) is 6.08 Å². The average Bonchev–Trinajstić information content (AvgIpc) is 3.05. The van der Waals surface area contributed by atoms with Gasteiger partial charge in [-0.1, -0.05) is 36.5 Å². The number of nitriles is 1. The molecule has 130 valence electrons. The van der Waals surface area contributed by atoms with E-state index < -0.39 is 5.91 Å². The van der Waals surface area contributed by atoms with E-state index in [-0.39, 0.29) is 5.57 Å². The zero-order valence-corrected chi connectivity index (χ0v) is 14.8. The van der Waals surface area contributed by atoms with Gasteiger partial charge in [-0.3, -0.25) is 10.1 Å². The van der Waals surface area contributed by atoms with Crippen LogP contribution in [0.3, 0.4) is 0 Å². The maximum Gasteiger partial charge on any atom is 0.268 e. The number of hydrogen-bond acceptors (Lipinski definition) is 7. The zero-order chi connectivity index (χ0) is 18.1. The number of nitrogens with zero attached hydrogens (tertiary/aromatic N) is 3. The van der Waals surface area contributed by atoms with Gasteiger partial charge in [-0.25, -0.2) is 0 Å². The molecule has 0 aliphatic rings. The van der Waals surface area contributed by atoms with Crippen LogP contribution in [-0.4, -0.2) is 29.8 Å². The standard InChI is InChI=1S/C17H18N4O3S/c1-3-8-24-14-7-5-4-6-12(14)9-13(10-18)16(22)19-17-21-20-15(25-17)11-23-2/h4-7,9H,3,8,11H2,1-2H3,(H,19,21,22)/b13-9+. The normalized spacial score (nSPS) is 11.0. The van der Waals surface area contributed by atoms with Gasteiger partial charge in [0.25, 0.3) is 5.91 Å². The maximum absolute atomic E-state index is 12.3. The van der Waals surface area contributed by atoms with Gasteiger partial charge in [0.15, 0.2) is 0 Å². The first-order valence-corrected chi connectivity index (χ1v) is 8.45. The number of benzene rings is 1. The molecule has 2 aromatic rings. The van der Waals surface area contributed by atoms with Crippen LogP contribution in [0.2, 0.25) is 0 Å². The summed E-state index contributed by atoms with van der Waals surface area (Å²) in [5.41, 5.74) is 0.621. The van der Waals surface area contributed by atoms with E-state index in [1.807, 2.05) is 25.1 Å². The topological polar surface area (TPSA) is 97.1 Å². The Morgan fingerprint density at radius 3 is 2.92 bits per heavy atom. The van der Waals surface area contributed by atoms with E-state index in [9.17, 15) is 10.1 Å². The van der Waals surface area contributed by atoms with E-state index in [2.05, 4.69) is 15.5 Å². The Morgan fingerprint density at radius 2 is 2.20 bits per heavy atom. The van der Waals surface area contributed by atoms with E-state index >= 15 is 0 Å². The van der Waals surface area contributed by atoms with Crippen molar-refractivity contribution in [3.05, 3.63) is 40.4 Å².